The van der Waals surface area contributed by atoms with E-state index in [9.17, 15) is 0 Å². The average Bonchev–Trinajstić information content (AvgIpc) is 2.88. The summed E-state index contributed by atoms with van der Waals surface area (Å²) in [6, 6.07) is 0. The van der Waals surface area contributed by atoms with E-state index in [-0.39, 0.29) is 25.3 Å². The minimum absolute atomic E-state index is 0.0660. The second-order valence-corrected chi connectivity index (χ2v) is 4.27. The van der Waals surface area contributed by atoms with E-state index in [0.29, 0.717) is 19.8 Å². The van der Waals surface area contributed by atoms with Gasteiger partial charge in [-0.3, -0.25) is 0 Å². The number of rotatable bonds is 3. The Bertz CT molecular complexity index is 192. The normalized spacial score (nSPS) is 36.0. The van der Waals surface area contributed by atoms with Crippen molar-refractivity contribution in [3.8, 4) is 0 Å². The minimum Gasteiger partial charge on any atom is -0.394 e. The second kappa shape index (κ2) is 8.79. The maximum atomic E-state index is 8.87. The molecule has 0 saturated carbocycles. The molecule has 0 spiro atoms. The molecule has 2 heterocycles. The fraction of sp³-hybridized carbons (Fsp3) is 1.00. The van der Waals surface area contributed by atoms with Crippen LogP contribution >= 0.6 is 0 Å². The van der Waals surface area contributed by atoms with Crippen LogP contribution in [0.1, 0.15) is 26.7 Å². The average molecular weight is 264 g/mol. The SMILES string of the molecule is CCC1OCC(CO)O1.CCC1OCC(O)CO1. The molecule has 2 unspecified atom stereocenters. The molecule has 0 amide bonds. The van der Waals surface area contributed by atoms with Crippen molar-refractivity contribution >= 4 is 0 Å². The summed E-state index contributed by atoms with van der Waals surface area (Å²) in [5, 5.41) is 17.4. The largest absolute Gasteiger partial charge is 0.394 e. The highest BCUT2D eigenvalue weighted by molar-refractivity contribution is 4.62. The van der Waals surface area contributed by atoms with E-state index in [1.807, 2.05) is 13.8 Å². The maximum Gasteiger partial charge on any atom is 0.158 e. The Labute approximate surface area is 108 Å². The third-order valence-electron chi connectivity index (χ3n) is 2.63. The molecule has 0 bridgehead atoms. The summed E-state index contributed by atoms with van der Waals surface area (Å²) < 4.78 is 20.4. The zero-order valence-corrected chi connectivity index (χ0v) is 11.1. The van der Waals surface area contributed by atoms with E-state index < -0.39 is 6.10 Å². The Balaban J connectivity index is 0.000000180. The van der Waals surface area contributed by atoms with Crippen molar-refractivity contribution in [3.05, 3.63) is 0 Å². The van der Waals surface area contributed by atoms with Crippen molar-refractivity contribution in [2.45, 2.75) is 51.5 Å². The van der Waals surface area contributed by atoms with Gasteiger partial charge in [0.15, 0.2) is 12.6 Å². The third kappa shape index (κ3) is 5.60. The van der Waals surface area contributed by atoms with E-state index in [1.165, 1.54) is 0 Å². The Hall–Kier alpha value is -0.240. The van der Waals surface area contributed by atoms with Crippen LogP contribution in [0.15, 0.2) is 0 Å². The molecule has 2 aliphatic rings. The first kappa shape index (κ1) is 15.8. The fourth-order valence-electron chi connectivity index (χ4n) is 1.59. The zero-order chi connectivity index (χ0) is 13.4. The molecule has 6 nitrogen and oxygen atoms in total. The van der Waals surface area contributed by atoms with E-state index in [4.69, 9.17) is 29.2 Å². The lowest BCUT2D eigenvalue weighted by atomic mass is 10.3. The zero-order valence-electron chi connectivity index (χ0n) is 11.1. The summed E-state index contributed by atoms with van der Waals surface area (Å²) in [6.07, 6.45) is 1.03. The second-order valence-electron chi connectivity index (χ2n) is 4.27. The molecule has 2 fully saturated rings. The van der Waals surface area contributed by atoms with Gasteiger partial charge in [-0.05, 0) is 12.8 Å². The molecule has 2 N–H and O–H groups in total. The Kier molecular flexibility index (Phi) is 7.73. The van der Waals surface area contributed by atoms with Gasteiger partial charge in [0.05, 0.1) is 26.4 Å². The smallest absolute Gasteiger partial charge is 0.158 e. The maximum absolute atomic E-state index is 8.87. The molecule has 0 aliphatic carbocycles. The molecule has 2 aliphatic heterocycles. The Morgan fingerprint density at radius 3 is 1.89 bits per heavy atom. The molecule has 6 heteroatoms. The monoisotopic (exact) mass is 264 g/mol. The summed E-state index contributed by atoms with van der Waals surface area (Å²) in [4.78, 5) is 0. The topological polar surface area (TPSA) is 77.4 Å². The molecule has 0 radical (unpaired) electrons. The van der Waals surface area contributed by atoms with Crippen LogP contribution < -0.4 is 0 Å². The van der Waals surface area contributed by atoms with Gasteiger partial charge in [-0.15, -0.1) is 0 Å². The molecule has 0 aromatic rings. The predicted octanol–water partition coefficient (Wildman–Crippen LogP) is 0.260. The third-order valence-corrected chi connectivity index (χ3v) is 2.63. The van der Waals surface area contributed by atoms with Crippen LogP contribution in [0.3, 0.4) is 0 Å². The lowest BCUT2D eigenvalue weighted by Gasteiger charge is -2.25. The van der Waals surface area contributed by atoms with Crippen LogP contribution in [0.2, 0.25) is 0 Å². The summed E-state index contributed by atoms with van der Waals surface area (Å²) >= 11 is 0. The minimum atomic E-state index is -0.423. The van der Waals surface area contributed by atoms with Gasteiger partial charge < -0.3 is 29.2 Å². The van der Waals surface area contributed by atoms with Crippen molar-refractivity contribution < 1.29 is 29.2 Å². The Morgan fingerprint density at radius 1 is 0.944 bits per heavy atom. The number of ether oxygens (including phenoxy) is 4. The predicted molar refractivity (Wildman–Crippen MR) is 64.0 cm³/mol. The molecular formula is C12H24O6. The molecule has 2 rings (SSSR count). The van der Waals surface area contributed by atoms with Crippen molar-refractivity contribution in [2.75, 3.05) is 26.4 Å². The molecule has 2 atom stereocenters. The highest BCUT2D eigenvalue weighted by atomic mass is 16.7. The fourth-order valence-corrected chi connectivity index (χ4v) is 1.59. The van der Waals surface area contributed by atoms with Gasteiger partial charge in [0, 0.05) is 0 Å². The number of aliphatic hydroxyl groups excluding tert-OH is 2. The van der Waals surface area contributed by atoms with E-state index in [1.54, 1.807) is 0 Å². The summed E-state index contributed by atoms with van der Waals surface area (Å²) in [5.74, 6) is 0. The van der Waals surface area contributed by atoms with Crippen LogP contribution in [-0.2, 0) is 18.9 Å². The quantitative estimate of drug-likeness (QED) is 0.761. The standard InChI is InChI=1S/2C6H12O3/c1-2-6-8-3-5(7)4-9-6;1-2-6-8-4-5(3-7)9-6/h2*5-7H,2-4H2,1H3. The van der Waals surface area contributed by atoms with E-state index in [2.05, 4.69) is 0 Å². The highest BCUT2D eigenvalue weighted by Crippen LogP contribution is 2.12. The summed E-state index contributed by atoms with van der Waals surface area (Å²) in [6.45, 7) is 5.41. The van der Waals surface area contributed by atoms with Crippen molar-refractivity contribution in [3.63, 3.8) is 0 Å². The Morgan fingerprint density at radius 2 is 1.50 bits per heavy atom. The number of hydrogen-bond acceptors (Lipinski definition) is 6. The lowest BCUT2D eigenvalue weighted by molar-refractivity contribution is -0.216. The van der Waals surface area contributed by atoms with Crippen LogP contribution in [-0.4, -0.2) is 61.4 Å². The highest BCUT2D eigenvalue weighted by Gasteiger charge is 2.23. The van der Waals surface area contributed by atoms with Crippen molar-refractivity contribution in [1.29, 1.82) is 0 Å². The van der Waals surface area contributed by atoms with Gasteiger partial charge in [0.1, 0.15) is 12.2 Å². The molecule has 2 saturated heterocycles. The van der Waals surface area contributed by atoms with Crippen molar-refractivity contribution in [2.24, 2.45) is 0 Å². The molecule has 108 valence electrons. The number of hydrogen-bond donors (Lipinski definition) is 2. The van der Waals surface area contributed by atoms with Crippen LogP contribution in [0.4, 0.5) is 0 Å². The first-order valence-electron chi connectivity index (χ1n) is 6.48. The lowest BCUT2D eigenvalue weighted by Crippen LogP contribution is -2.34. The van der Waals surface area contributed by atoms with Gasteiger partial charge in [0.25, 0.3) is 0 Å². The van der Waals surface area contributed by atoms with Crippen LogP contribution in [0.5, 0.6) is 0 Å². The van der Waals surface area contributed by atoms with Crippen molar-refractivity contribution in [1.82, 2.24) is 0 Å². The van der Waals surface area contributed by atoms with Gasteiger partial charge in [0.2, 0.25) is 0 Å². The van der Waals surface area contributed by atoms with E-state index in [0.717, 1.165) is 12.8 Å². The molecule has 18 heavy (non-hydrogen) atoms. The van der Waals surface area contributed by atoms with Gasteiger partial charge >= 0.3 is 0 Å². The van der Waals surface area contributed by atoms with Gasteiger partial charge in [-0.2, -0.15) is 0 Å². The van der Waals surface area contributed by atoms with Crippen LogP contribution in [0, 0.1) is 0 Å². The van der Waals surface area contributed by atoms with Gasteiger partial charge in [-0.25, -0.2) is 0 Å². The molecule has 0 aromatic heterocycles. The van der Waals surface area contributed by atoms with E-state index >= 15 is 0 Å². The van der Waals surface area contributed by atoms with Gasteiger partial charge in [-0.1, -0.05) is 13.8 Å². The summed E-state index contributed by atoms with van der Waals surface area (Å²) in [5.41, 5.74) is 0. The summed E-state index contributed by atoms with van der Waals surface area (Å²) in [7, 11) is 0. The first-order valence-corrected chi connectivity index (χ1v) is 6.48. The number of aliphatic hydroxyl groups is 2. The first-order chi connectivity index (χ1) is 8.69. The molecular weight excluding hydrogens is 240 g/mol. The van der Waals surface area contributed by atoms with Crippen LogP contribution in [0.25, 0.3) is 0 Å². The molecule has 0 aromatic carbocycles.